The molecule has 2 unspecified atom stereocenters. The van der Waals surface area contributed by atoms with Crippen molar-refractivity contribution in [1.82, 2.24) is 0 Å². The summed E-state index contributed by atoms with van der Waals surface area (Å²) in [6.07, 6.45) is 28.3. The van der Waals surface area contributed by atoms with E-state index in [4.69, 9.17) is 14.2 Å². The van der Waals surface area contributed by atoms with Crippen molar-refractivity contribution in [2.24, 2.45) is 0 Å². The van der Waals surface area contributed by atoms with Crippen molar-refractivity contribution in [3.8, 4) is 0 Å². The van der Waals surface area contributed by atoms with Gasteiger partial charge < -0.3 is 18.8 Å². The highest BCUT2D eigenvalue weighted by Gasteiger charge is 2.26. The van der Waals surface area contributed by atoms with Crippen LogP contribution in [0.5, 0.6) is 0 Å². The van der Waals surface area contributed by atoms with Gasteiger partial charge in [0.1, 0.15) is 29.4 Å². The van der Waals surface area contributed by atoms with Crippen molar-refractivity contribution in [2.45, 2.75) is 173 Å². The van der Waals surface area contributed by atoms with Crippen molar-refractivity contribution in [3.05, 3.63) is 46.9 Å². The van der Waals surface area contributed by atoms with Gasteiger partial charge in [-0.05, 0) is 44.7 Å². The molecule has 2 aromatic rings. The van der Waals surface area contributed by atoms with Crippen molar-refractivity contribution < 1.29 is 36.5 Å². The van der Waals surface area contributed by atoms with Gasteiger partial charge in [0.25, 0.3) is 0 Å². The molecule has 3 rings (SSSR count). The number of hydrogen-bond donors (Lipinski definition) is 0. The van der Waals surface area contributed by atoms with E-state index in [9.17, 15) is 17.8 Å². The van der Waals surface area contributed by atoms with E-state index in [1.165, 1.54) is 102 Å². The molecule has 1 aromatic heterocycles. The van der Waals surface area contributed by atoms with Crippen molar-refractivity contribution >= 4 is 27.4 Å². The van der Waals surface area contributed by atoms with Gasteiger partial charge in [-0.15, -0.1) is 0 Å². The second-order valence-electron chi connectivity index (χ2n) is 13.1. The summed E-state index contributed by atoms with van der Waals surface area (Å²) >= 11 is 1.72. The number of esters is 1. The molecule has 274 valence electrons. The minimum Gasteiger partial charge on any atom is -0.744 e. The van der Waals surface area contributed by atoms with Crippen molar-refractivity contribution in [3.63, 3.8) is 0 Å². The fraction of sp³-hybridized carbons (Fsp3) is 0.737. The molecule has 2 atom stereocenters. The zero-order chi connectivity index (χ0) is 34.7. The number of thiazole rings is 1. The van der Waals surface area contributed by atoms with E-state index in [-0.39, 0.29) is 23.3 Å². The van der Waals surface area contributed by atoms with E-state index in [0.717, 1.165) is 50.6 Å². The van der Waals surface area contributed by atoms with Gasteiger partial charge in [-0.2, -0.15) is 4.57 Å². The Bertz CT molecular complexity index is 1160. The maximum atomic E-state index is 12.0. The van der Waals surface area contributed by atoms with Crippen LogP contribution in [0.3, 0.4) is 0 Å². The number of carbonyl (C=O) groups excluding carboxylic acids is 1. The second-order valence-corrected chi connectivity index (χ2v) is 15.3. The van der Waals surface area contributed by atoms with Crippen LogP contribution < -0.4 is 4.57 Å². The maximum absolute atomic E-state index is 12.0. The summed E-state index contributed by atoms with van der Waals surface area (Å²) in [6, 6.07) is 5.78. The topological polar surface area (TPSA) is 106 Å². The molecule has 0 aliphatic carbocycles. The Kier molecular flexibility index (Phi) is 23.8. The van der Waals surface area contributed by atoms with E-state index in [0.29, 0.717) is 19.6 Å². The van der Waals surface area contributed by atoms with E-state index in [1.807, 2.05) is 6.92 Å². The highest BCUT2D eigenvalue weighted by atomic mass is 32.2. The van der Waals surface area contributed by atoms with Gasteiger partial charge in [0.15, 0.2) is 12.5 Å². The first-order chi connectivity index (χ1) is 23.3. The zero-order valence-corrected chi connectivity index (χ0v) is 31.4. The molecule has 48 heavy (non-hydrogen) atoms. The third-order valence-electron chi connectivity index (χ3n) is 8.67. The first kappa shape index (κ1) is 42.3. The number of aryl methyl sites for hydroxylation is 2. The Labute approximate surface area is 295 Å². The summed E-state index contributed by atoms with van der Waals surface area (Å²) in [6.45, 7) is 6.03. The van der Waals surface area contributed by atoms with Gasteiger partial charge >= 0.3 is 5.97 Å². The molecule has 0 saturated carbocycles. The lowest BCUT2D eigenvalue weighted by atomic mass is 10.0. The fourth-order valence-corrected chi connectivity index (χ4v) is 6.80. The summed E-state index contributed by atoms with van der Waals surface area (Å²) in [5.41, 5.74) is 3.06. The Morgan fingerprint density at radius 3 is 1.98 bits per heavy atom. The number of carbonyl (C=O) groups is 1. The van der Waals surface area contributed by atoms with Crippen LogP contribution in [-0.2, 0) is 35.7 Å². The van der Waals surface area contributed by atoms with Gasteiger partial charge in [0, 0.05) is 12.8 Å². The number of unbranched alkanes of at least 4 members (excludes halogenated alkanes) is 17. The third kappa shape index (κ3) is 22.0. The highest BCUT2D eigenvalue weighted by molar-refractivity contribution is 7.85. The number of nitrogens with zero attached hydrogens (tertiary/aromatic N) is 1. The molecule has 0 radical (unpaired) electrons. The van der Waals surface area contributed by atoms with Crippen molar-refractivity contribution in [2.75, 3.05) is 13.2 Å². The smallest absolute Gasteiger partial charge is 0.305 e. The lowest BCUT2D eigenvalue weighted by Gasteiger charge is -2.12. The molecule has 1 aliphatic heterocycles. The maximum Gasteiger partial charge on any atom is 0.305 e. The number of hydrogen-bond acceptors (Lipinski definition) is 8. The van der Waals surface area contributed by atoms with E-state index in [2.05, 4.69) is 28.6 Å². The largest absolute Gasteiger partial charge is 0.744 e. The number of ether oxygens (including phenoxy) is 3. The quantitative estimate of drug-likeness (QED) is 0.0415. The van der Waals surface area contributed by atoms with Crippen LogP contribution in [0.2, 0.25) is 0 Å². The number of benzene rings is 1. The van der Waals surface area contributed by atoms with Crippen LogP contribution in [0.15, 0.2) is 46.2 Å². The molecule has 0 N–H and O–H groups in total. The summed E-state index contributed by atoms with van der Waals surface area (Å²) in [4.78, 5) is 11.8. The van der Waals surface area contributed by atoms with Gasteiger partial charge in [0.2, 0.25) is 5.51 Å². The standard InChI is InChI=1S/C31H56NO4S.C7H8O3S/c1-2-3-4-5-6-7-8-9-10-11-12-13-14-15-19-22-31-35-27-29(36-31)26-34-30(33)21-18-16-17-20-23-32-24-25-37-28-32;1-6-2-4-7(5-3-6)11(8,9)10/h24-25,28-29,31H,2-23,26-27H2,1H3;2-5H,1H3,(H,8,9,10)/q+1;/p-1. The molecule has 0 bridgehead atoms. The zero-order valence-electron chi connectivity index (χ0n) is 29.8. The summed E-state index contributed by atoms with van der Waals surface area (Å²) in [5, 5.41) is 2.10. The Morgan fingerprint density at radius 1 is 0.854 bits per heavy atom. The number of rotatable bonds is 26. The third-order valence-corrected chi connectivity index (χ3v) is 10.2. The van der Waals surface area contributed by atoms with Gasteiger partial charge in [-0.1, -0.05) is 132 Å². The SMILES string of the molecule is CCCCCCCCCCCCCCCCCC1OCC(COC(=O)CCCCCC[n+]2ccsc2)O1.Cc1ccc(S(=O)(=O)[O-])cc1. The second kappa shape index (κ2) is 26.9. The molecule has 1 aliphatic rings. The average molecular weight is 710 g/mol. The first-order valence-electron chi connectivity index (χ1n) is 18.6. The Hall–Kier alpha value is -1.85. The fourth-order valence-electron chi connectivity index (χ4n) is 5.70. The van der Waals surface area contributed by atoms with Gasteiger partial charge in [-0.25, -0.2) is 8.42 Å². The van der Waals surface area contributed by atoms with Gasteiger partial charge in [-0.3, -0.25) is 4.79 Å². The molecular formula is C38H63NO7S2. The van der Waals surface area contributed by atoms with Crippen LogP contribution in [0.25, 0.3) is 0 Å². The summed E-state index contributed by atoms with van der Waals surface area (Å²) in [5.74, 6) is -0.110. The van der Waals surface area contributed by atoms with E-state index < -0.39 is 10.1 Å². The first-order valence-corrected chi connectivity index (χ1v) is 21.0. The lowest BCUT2D eigenvalue weighted by Crippen LogP contribution is -2.29. The van der Waals surface area contributed by atoms with Crippen molar-refractivity contribution in [1.29, 1.82) is 0 Å². The van der Waals surface area contributed by atoms with Crippen LogP contribution in [0.1, 0.15) is 147 Å². The van der Waals surface area contributed by atoms with Crippen LogP contribution in [0.4, 0.5) is 0 Å². The normalized spacial score (nSPS) is 16.1. The molecule has 1 aromatic carbocycles. The van der Waals surface area contributed by atoms with E-state index >= 15 is 0 Å². The van der Waals surface area contributed by atoms with Crippen LogP contribution in [0, 0.1) is 6.92 Å². The summed E-state index contributed by atoms with van der Waals surface area (Å²) < 4.78 is 50.5. The van der Waals surface area contributed by atoms with Crippen LogP contribution >= 0.6 is 11.3 Å². The predicted octanol–water partition coefficient (Wildman–Crippen LogP) is 9.43. The monoisotopic (exact) mass is 709 g/mol. The molecule has 10 heteroatoms. The molecular weight excluding hydrogens is 647 g/mol. The molecule has 1 saturated heterocycles. The minimum atomic E-state index is -4.27. The van der Waals surface area contributed by atoms with E-state index in [1.54, 1.807) is 23.5 Å². The lowest BCUT2D eigenvalue weighted by molar-refractivity contribution is -0.692. The predicted molar refractivity (Wildman–Crippen MR) is 192 cm³/mol. The highest BCUT2D eigenvalue weighted by Crippen LogP contribution is 2.19. The molecule has 0 amide bonds. The Balaban J connectivity index is 0.000000613. The van der Waals surface area contributed by atoms with Gasteiger partial charge in [0.05, 0.1) is 16.9 Å². The minimum absolute atomic E-state index is 0.104. The number of aromatic nitrogens is 1. The van der Waals surface area contributed by atoms with Crippen LogP contribution in [-0.4, -0.2) is 44.5 Å². The summed E-state index contributed by atoms with van der Waals surface area (Å²) in [7, 11) is -4.27. The molecule has 2 heterocycles. The average Bonchev–Trinajstić information content (AvgIpc) is 3.76. The molecule has 1 fully saturated rings. The Morgan fingerprint density at radius 2 is 1.42 bits per heavy atom. The molecule has 0 spiro atoms. The molecule has 8 nitrogen and oxygen atoms in total.